The zero-order valence-corrected chi connectivity index (χ0v) is 15.0. The van der Waals surface area contributed by atoms with E-state index in [1.807, 2.05) is 19.1 Å². The summed E-state index contributed by atoms with van der Waals surface area (Å²) < 4.78 is 5.15. The van der Waals surface area contributed by atoms with E-state index in [1.165, 1.54) is 29.0 Å². The Morgan fingerprint density at radius 1 is 1.27 bits per heavy atom. The van der Waals surface area contributed by atoms with Crippen LogP contribution in [-0.2, 0) is 16.1 Å². The SMILES string of the molecule is Cc1ccccc1C(=O)/C=C1\SCC(=O)N1CC(=O)NCc1ccco1. The predicted molar refractivity (Wildman–Crippen MR) is 98.3 cm³/mol. The van der Waals surface area contributed by atoms with Crippen LogP contribution < -0.4 is 5.32 Å². The number of benzene rings is 1. The first-order valence-corrected chi connectivity index (χ1v) is 9.07. The van der Waals surface area contributed by atoms with Gasteiger partial charge < -0.3 is 9.73 Å². The maximum atomic E-state index is 12.5. The van der Waals surface area contributed by atoms with E-state index in [4.69, 9.17) is 4.42 Å². The molecule has 2 aromatic rings. The standard InChI is InChI=1S/C19H18N2O4S/c1-13-5-2-3-7-15(13)16(22)9-19-21(18(24)12-26-19)11-17(23)20-10-14-6-4-8-25-14/h2-9H,10-12H2,1H3,(H,20,23)/b19-9-. The van der Waals surface area contributed by atoms with E-state index in [2.05, 4.69) is 5.32 Å². The first-order valence-electron chi connectivity index (χ1n) is 8.08. The van der Waals surface area contributed by atoms with Gasteiger partial charge in [-0.2, -0.15) is 0 Å². The molecule has 1 aromatic carbocycles. The molecule has 1 N–H and O–H groups in total. The van der Waals surface area contributed by atoms with Crippen molar-refractivity contribution in [1.82, 2.24) is 10.2 Å². The molecule has 0 bridgehead atoms. The van der Waals surface area contributed by atoms with Gasteiger partial charge in [-0.15, -0.1) is 0 Å². The van der Waals surface area contributed by atoms with Crippen LogP contribution in [0.25, 0.3) is 0 Å². The summed E-state index contributed by atoms with van der Waals surface area (Å²) in [6, 6.07) is 10.8. The van der Waals surface area contributed by atoms with Gasteiger partial charge >= 0.3 is 0 Å². The molecule has 0 radical (unpaired) electrons. The number of amides is 2. The van der Waals surface area contributed by atoms with Crippen molar-refractivity contribution < 1.29 is 18.8 Å². The average Bonchev–Trinajstić information content (AvgIpc) is 3.25. The van der Waals surface area contributed by atoms with E-state index in [-0.39, 0.29) is 36.4 Å². The number of rotatable bonds is 6. The highest BCUT2D eigenvalue weighted by atomic mass is 32.2. The second kappa shape index (κ2) is 8.05. The van der Waals surface area contributed by atoms with Gasteiger partial charge in [0.15, 0.2) is 5.78 Å². The highest BCUT2D eigenvalue weighted by Crippen LogP contribution is 2.29. The molecule has 7 heteroatoms. The number of aryl methyl sites for hydroxylation is 1. The maximum absolute atomic E-state index is 12.5. The number of thioether (sulfide) groups is 1. The van der Waals surface area contributed by atoms with Gasteiger partial charge in [0.1, 0.15) is 12.3 Å². The van der Waals surface area contributed by atoms with Crippen molar-refractivity contribution in [3.63, 3.8) is 0 Å². The van der Waals surface area contributed by atoms with E-state index in [9.17, 15) is 14.4 Å². The molecular formula is C19H18N2O4S. The molecule has 3 rings (SSSR count). The number of ketones is 1. The number of carbonyl (C=O) groups excluding carboxylic acids is 3. The zero-order valence-electron chi connectivity index (χ0n) is 14.2. The minimum absolute atomic E-state index is 0.126. The van der Waals surface area contributed by atoms with Gasteiger partial charge in [0.05, 0.1) is 23.6 Å². The number of hydrogen-bond donors (Lipinski definition) is 1. The molecule has 2 amide bonds. The van der Waals surface area contributed by atoms with Gasteiger partial charge in [0, 0.05) is 11.6 Å². The fraction of sp³-hybridized carbons (Fsp3) is 0.211. The maximum Gasteiger partial charge on any atom is 0.240 e. The molecule has 0 unspecified atom stereocenters. The molecule has 1 saturated heterocycles. The Morgan fingerprint density at radius 2 is 2.08 bits per heavy atom. The van der Waals surface area contributed by atoms with E-state index in [0.29, 0.717) is 16.4 Å². The Morgan fingerprint density at radius 3 is 2.81 bits per heavy atom. The number of carbonyl (C=O) groups is 3. The van der Waals surface area contributed by atoms with Gasteiger partial charge in [0.2, 0.25) is 11.8 Å². The third kappa shape index (κ3) is 4.23. The molecule has 134 valence electrons. The fourth-order valence-electron chi connectivity index (χ4n) is 2.54. The van der Waals surface area contributed by atoms with Crippen molar-refractivity contribution in [3.8, 4) is 0 Å². The fourth-order valence-corrected chi connectivity index (χ4v) is 3.48. The number of nitrogens with zero attached hydrogens (tertiary/aromatic N) is 1. The molecule has 26 heavy (non-hydrogen) atoms. The topological polar surface area (TPSA) is 79.6 Å². The minimum atomic E-state index is -0.313. The van der Waals surface area contributed by atoms with Crippen molar-refractivity contribution in [2.75, 3.05) is 12.3 Å². The molecule has 1 aliphatic rings. The largest absolute Gasteiger partial charge is 0.467 e. The van der Waals surface area contributed by atoms with Crippen molar-refractivity contribution >= 4 is 29.4 Å². The molecule has 1 aliphatic heterocycles. The summed E-state index contributed by atoms with van der Waals surface area (Å²) in [4.78, 5) is 38.1. The van der Waals surface area contributed by atoms with Crippen LogP contribution in [0.15, 0.2) is 58.2 Å². The van der Waals surface area contributed by atoms with Gasteiger partial charge in [-0.05, 0) is 24.6 Å². The predicted octanol–water partition coefficient (Wildman–Crippen LogP) is 2.50. The molecule has 2 heterocycles. The van der Waals surface area contributed by atoms with Gasteiger partial charge in [-0.3, -0.25) is 19.3 Å². The van der Waals surface area contributed by atoms with Crippen molar-refractivity contribution in [1.29, 1.82) is 0 Å². The highest BCUT2D eigenvalue weighted by molar-refractivity contribution is 8.04. The van der Waals surface area contributed by atoms with E-state index in [0.717, 1.165) is 5.56 Å². The van der Waals surface area contributed by atoms with Crippen LogP contribution in [0.3, 0.4) is 0 Å². The van der Waals surface area contributed by atoms with Gasteiger partial charge in [0.25, 0.3) is 0 Å². The molecule has 0 aliphatic carbocycles. The number of nitrogens with one attached hydrogen (secondary N) is 1. The van der Waals surface area contributed by atoms with Crippen molar-refractivity contribution in [2.45, 2.75) is 13.5 Å². The smallest absolute Gasteiger partial charge is 0.240 e. The zero-order chi connectivity index (χ0) is 18.5. The summed E-state index contributed by atoms with van der Waals surface area (Å²) in [6.07, 6.45) is 2.96. The van der Waals surface area contributed by atoms with Crippen LogP contribution >= 0.6 is 11.8 Å². The monoisotopic (exact) mass is 370 g/mol. The van der Waals surface area contributed by atoms with Crippen LogP contribution in [0.4, 0.5) is 0 Å². The van der Waals surface area contributed by atoms with Crippen LogP contribution in [-0.4, -0.2) is 34.8 Å². The van der Waals surface area contributed by atoms with Crippen LogP contribution in [0, 0.1) is 6.92 Å². The number of hydrogen-bond acceptors (Lipinski definition) is 5. The molecule has 6 nitrogen and oxygen atoms in total. The van der Waals surface area contributed by atoms with Crippen LogP contribution in [0.2, 0.25) is 0 Å². The Balaban J connectivity index is 1.67. The Hall–Kier alpha value is -2.80. The van der Waals surface area contributed by atoms with Crippen LogP contribution in [0.5, 0.6) is 0 Å². The minimum Gasteiger partial charge on any atom is -0.467 e. The van der Waals surface area contributed by atoms with Crippen molar-refractivity contribution in [2.24, 2.45) is 0 Å². The van der Waals surface area contributed by atoms with E-state index >= 15 is 0 Å². The molecule has 1 aromatic heterocycles. The molecular weight excluding hydrogens is 352 g/mol. The van der Waals surface area contributed by atoms with E-state index < -0.39 is 0 Å². The Kier molecular flexibility index (Phi) is 5.58. The van der Waals surface area contributed by atoms with Gasteiger partial charge in [-0.1, -0.05) is 36.0 Å². The quantitative estimate of drug-likeness (QED) is 0.624. The average molecular weight is 370 g/mol. The lowest BCUT2D eigenvalue weighted by atomic mass is 10.1. The van der Waals surface area contributed by atoms with Gasteiger partial charge in [-0.25, -0.2) is 0 Å². The molecule has 0 atom stereocenters. The van der Waals surface area contributed by atoms with Crippen molar-refractivity contribution in [3.05, 3.63) is 70.7 Å². The lowest BCUT2D eigenvalue weighted by Crippen LogP contribution is -2.37. The molecule has 0 saturated carbocycles. The first kappa shape index (κ1) is 18.0. The molecule has 0 spiro atoms. The highest BCUT2D eigenvalue weighted by Gasteiger charge is 2.29. The second-order valence-electron chi connectivity index (χ2n) is 5.79. The van der Waals surface area contributed by atoms with E-state index in [1.54, 1.807) is 24.3 Å². The Bertz CT molecular complexity index is 858. The molecule has 1 fully saturated rings. The number of furan rings is 1. The third-order valence-corrected chi connectivity index (χ3v) is 4.94. The summed E-state index contributed by atoms with van der Waals surface area (Å²) in [6.45, 7) is 1.99. The first-order chi connectivity index (χ1) is 12.5. The summed E-state index contributed by atoms with van der Waals surface area (Å²) >= 11 is 1.26. The van der Waals surface area contributed by atoms with Crippen LogP contribution in [0.1, 0.15) is 21.7 Å². The second-order valence-corrected chi connectivity index (χ2v) is 6.78. The summed E-state index contributed by atoms with van der Waals surface area (Å²) in [7, 11) is 0. The summed E-state index contributed by atoms with van der Waals surface area (Å²) in [5, 5.41) is 3.20. The lowest BCUT2D eigenvalue weighted by Gasteiger charge is -2.16. The summed E-state index contributed by atoms with van der Waals surface area (Å²) in [5.41, 5.74) is 1.45. The normalized spacial score (nSPS) is 15.5. The summed E-state index contributed by atoms with van der Waals surface area (Å²) in [5.74, 6) is 0.170. The lowest BCUT2D eigenvalue weighted by molar-refractivity contribution is -0.131. The third-order valence-electron chi connectivity index (χ3n) is 3.92. The Labute approximate surface area is 155 Å². The number of allylic oxidation sites excluding steroid dienone is 1.